The Kier molecular flexibility index (Phi) is 6.46. The first kappa shape index (κ1) is 19.9. The van der Waals surface area contributed by atoms with Crippen molar-refractivity contribution in [3.8, 4) is 23.8 Å². The molecule has 0 saturated carbocycles. The minimum absolute atomic E-state index is 0.0255. The molecule has 0 bridgehead atoms. The van der Waals surface area contributed by atoms with E-state index in [0.29, 0.717) is 17.1 Å². The van der Waals surface area contributed by atoms with Crippen LogP contribution in [0.5, 0.6) is 11.5 Å². The first-order valence-electron chi connectivity index (χ1n) is 7.64. The third-order valence-corrected chi connectivity index (χ3v) is 4.35. The number of para-hydroxylation sites is 1. The smallest absolute Gasteiger partial charge is 0.337 e. The Morgan fingerprint density at radius 2 is 2.00 bits per heavy atom. The Morgan fingerprint density at radius 3 is 2.67 bits per heavy atom. The van der Waals surface area contributed by atoms with Gasteiger partial charge < -0.3 is 14.6 Å². The van der Waals surface area contributed by atoms with Crippen LogP contribution in [0.3, 0.4) is 0 Å². The van der Waals surface area contributed by atoms with Crippen LogP contribution in [0.1, 0.15) is 15.9 Å². The summed E-state index contributed by atoms with van der Waals surface area (Å²) >= 11 is 0. The third kappa shape index (κ3) is 5.52. The molecule has 8 heteroatoms. The van der Waals surface area contributed by atoms with Crippen LogP contribution in [0.25, 0.3) is 6.08 Å². The zero-order chi connectivity index (χ0) is 19.9. The number of nitrogens with one attached hydrogen (secondary N) is 1. The van der Waals surface area contributed by atoms with Gasteiger partial charge in [-0.2, -0.15) is 0 Å². The summed E-state index contributed by atoms with van der Waals surface area (Å²) in [5.41, 5.74) is 0.353. The molecule has 140 valence electrons. The van der Waals surface area contributed by atoms with Crippen LogP contribution in [0, 0.1) is 12.3 Å². The Labute approximate surface area is 157 Å². The molecule has 0 saturated heterocycles. The van der Waals surface area contributed by atoms with Crippen LogP contribution in [-0.2, 0) is 10.0 Å². The molecule has 0 aliphatic rings. The predicted octanol–water partition coefficient (Wildman–Crippen LogP) is 2.82. The van der Waals surface area contributed by atoms with Crippen LogP contribution in [0.4, 0.5) is 5.69 Å². The number of terminal acetylenes is 1. The van der Waals surface area contributed by atoms with E-state index in [-0.39, 0.29) is 17.9 Å². The molecule has 0 unspecified atom stereocenters. The van der Waals surface area contributed by atoms with Gasteiger partial charge in [0, 0.05) is 0 Å². The number of rotatable bonds is 8. The molecule has 2 aromatic rings. The molecule has 0 aromatic heterocycles. The Morgan fingerprint density at radius 1 is 1.26 bits per heavy atom. The highest BCUT2D eigenvalue weighted by molar-refractivity contribution is 7.95. The van der Waals surface area contributed by atoms with Crippen LogP contribution < -0.4 is 14.2 Å². The van der Waals surface area contributed by atoms with Crippen molar-refractivity contribution >= 4 is 27.8 Å². The minimum Gasteiger partial charge on any atom is -0.493 e. The minimum atomic E-state index is -3.93. The number of carbonyl (C=O) groups is 1. The Balaban J connectivity index is 2.24. The number of aromatic carboxylic acids is 1. The molecule has 0 amide bonds. The monoisotopic (exact) mass is 387 g/mol. The third-order valence-electron chi connectivity index (χ3n) is 3.35. The van der Waals surface area contributed by atoms with Crippen molar-refractivity contribution in [1.82, 2.24) is 0 Å². The molecule has 0 spiro atoms. The lowest BCUT2D eigenvalue weighted by Gasteiger charge is -2.10. The zero-order valence-electron chi connectivity index (χ0n) is 14.4. The number of anilines is 1. The first-order valence-corrected chi connectivity index (χ1v) is 9.18. The number of hydrogen-bond acceptors (Lipinski definition) is 5. The lowest BCUT2D eigenvalue weighted by Crippen LogP contribution is -2.12. The standard InChI is InChI=1S/C19H17NO6S/c1-3-11-26-18-13-14(8-9-17(18)25-2)10-12-27(23,24)20-16-7-5-4-6-15(16)19(21)22/h1,4-10,12-13,20H,11H2,2H3,(H,21,22)/b12-10+. The van der Waals surface area contributed by atoms with Gasteiger partial charge in [-0.15, -0.1) is 6.42 Å². The van der Waals surface area contributed by atoms with Crippen LogP contribution >= 0.6 is 0 Å². The fourth-order valence-electron chi connectivity index (χ4n) is 2.14. The number of ether oxygens (including phenoxy) is 2. The molecule has 7 nitrogen and oxygen atoms in total. The number of sulfonamides is 1. The van der Waals surface area contributed by atoms with Crippen LogP contribution in [0.15, 0.2) is 47.9 Å². The fraction of sp³-hybridized carbons (Fsp3) is 0.105. The van der Waals surface area contributed by atoms with Crippen molar-refractivity contribution < 1.29 is 27.8 Å². The van der Waals surface area contributed by atoms with Gasteiger partial charge >= 0.3 is 5.97 Å². The maximum atomic E-state index is 12.3. The highest BCUT2D eigenvalue weighted by Gasteiger charge is 2.13. The van der Waals surface area contributed by atoms with Gasteiger partial charge in [0.25, 0.3) is 10.0 Å². The summed E-state index contributed by atoms with van der Waals surface area (Å²) in [4.78, 5) is 11.2. The van der Waals surface area contributed by atoms with Crippen molar-refractivity contribution in [2.45, 2.75) is 0 Å². The summed E-state index contributed by atoms with van der Waals surface area (Å²) in [7, 11) is -2.46. The molecule has 0 radical (unpaired) electrons. The van der Waals surface area contributed by atoms with Gasteiger partial charge in [0.1, 0.15) is 6.61 Å². The second-order valence-electron chi connectivity index (χ2n) is 5.20. The summed E-state index contributed by atoms with van der Waals surface area (Å²) < 4.78 is 37.3. The van der Waals surface area contributed by atoms with Crippen molar-refractivity contribution in [2.75, 3.05) is 18.4 Å². The van der Waals surface area contributed by atoms with E-state index >= 15 is 0 Å². The molecule has 0 heterocycles. The normalized spacial score (nSPS) is 11.0. The molecule has 2 N–H and O–H groups in total. The summed E-state index contributed by atoms with van der Waals surface area (Å²) in [6.07, 6.45) is 6.51. The predicted molar refractivity (Wildman–Crippen MR) is 102 cm³/mol. The maximum Gasteiger partial charge on any atom is 0.337 e. The SMILES string of the molecule is C#CCOc1cc(/C=C/S(=O)(=O)Nc2ccccc2C(=O)O)ccc1OC. The van der Waals surface area contributed by atoms with Crippen molar-refractivity contribution in [2.24, 2.45) is 0 Å². The van der Waals surface area contributed by atoms with Crippen molar-refractivity contribution in [3.05, 3.63) is 59.0 Å². The van der Waals surface area contributed by atoms with Crippen LogP contribution in [-0.4, -0.2) is 33.2 Å². The van der Waals surface area contributed by atoms with Gasteiger partial charge in [-0.3, -0.25) is 4.72 Å². The first-order chi connectivity index (χ1) is 12.9. The molecule has 0 aliphatic heterocycles. The number of hydrogen-bond donors (Lipinski definition) is 2. The largest absolute Gasteiger partial charge is 0.493 e. The molecular weight excluding hydrogens is 370 g/mol. The molecular formula is C19H17NO6S. The average Bonchev–Trinajstić information content (AvgIpc) is 2.64. The van der Waals surface area contributed by atoms with E-state index in [2.05, 4.69) is 10.6 Å². The van der Waals surface area contributed by atoms with Gasteiger partial charge in [-0.05, 0) is 35.9 Å². The van der Waals surface area contributed by atoms with E-state index < -0.39 is 16.0 Å². The van der Waals surface area contributed by atoms with E-state index in [1.165, 1.54) is 37.5 Å². The van der Waals surface area contributed by atoms with Gasteiger partial charge in [0.05, 0.1) is 23.8 Å². The van der Waals surface area contributed by atoms with E-state index in [4.69, 9.17) is 21.0 Å². The Hall–Kier alpha value is -3.44. The number of benzene rings is 2. The number of carboxylic acid groups (broad SMARTS) is 1. The molecule has 0 fully saturated rings. The van der Waals surface area contributed by atoms with E-state index in [0.717, 1.165) is 5.41 Å². The quantitative estimate of drug-likeness (QED) is 0.676. The lowest BCUT2D eigenvalue weighted by molar-refractivity contribution is 0.0698. The summed E-state index contributed by atoms with van der Waals surface area (Å²) in [6, 6.07) is 10.5. The fourth-order valence-corrected chi connectivity index (χ4v) is 3.03. The van der Waals surface area contributed by atoms with Gasteiger partial charge in [-0.25, -0.2) is 13.2 Å². The summed E-state index contributed by atoms with van der Waals surface area (Å²) in [5, 5.41) is 10.1. The summed E-state index contributed by atoms with van der Waals surface area (Å²) in [6.45, 7) is 0.0371. The van der Waals surface area contributed by atoms with Crippen LogP contribution in [0.2, 0.25) is 0 Å². The highest BCUT2D eigenvalue weighted by Crippen LogP contribution is 2.28. The maximum absolute atomic E-state index is 12.3. The van der Waals surface area contributed by atoms with Gasteiger partial charge in [0.15, 0.2) is 11.5 Å². The van der Waals surface area contributed by atoms with Crippen molar-refractivity contribution in [3.63, 3.8) is 0 Å². The number of carboxylic acids is 1. The topological polar surface area (TPSA) is 102 Å². The summed E-state index contributed by atoms with van der Waals surface area (Å²) in [5.74, 6) is 1.93. The molecule has 2 aromatic carbocycles. The number of methoxy groups -OCH3 is 1. The molecule has 2 rings (SSSR count). The van der Waals surface area contributed by atoms with E-state index in [1.54, 1.807) is 18.2 Å². The molecule has 0 atom stereocenters. The van der Waals surface area contributed by atoms with Gasteiger partial charge in [0.2, 0.25) is 0 Å². The van der Waals surface area contributed by atoms with Crippen molar-refractivity contribution in [1.29, 1.82) is 0 Å². The molecule has 0 aliphatic carbocycles. The molecule has 27 heavy (non-hydrogen) atoms. The van der Waals surface area contributed by atoms with E-state index in [9.17, 15) is 13.2 Å². The lowest BCUT2D eigenvalue weighted by atomic mass is 10.2. The second kappa shape index (κ2) is 8.78. The second-order valence-corrected chi connectivity index (χ2v) is 6.77. The van der Waals surface area contributed by atoms with E-state index in [1.807, 2.05) is 0 Å². The highest BCUT2D eigenvalue weighted by atomic mass is 32.2. The average molecular weight is 387 g/mol. The Bertz CT molecular complexity index is 1010. The zero-order valence-corrected chi connectivity index (χ0v) is 15.2. The van der Waals surface area contributed by atoms with Gasteiger partial charge in [-0.1, -0.05) is 24.1 Å².